The number of pyridine rings is 1. The average molecular weight is 400 g/mol. The number of nitrogens with zero attached hydrogens (tertiary/aromatic N) is 4. The molecule has 0 aliphatic carbocycles. The molecule has 2 aromatic heterocycles. The Morgan fingerprint density at radius 3 is 2.76 bits per heavy atom. The highest BCUT2D eigenvalue weighted by molar-refractivity contribution is 5.89. The molecule has 9 heteroatoms. The number of carbonyl (C=O) groups excluding carboxylic acids is 2. The summed E-state index contributed by atoms with van der Waals surface area (Å²) in [7, 11) is 0. The predicted octanol–water partition coefficient (Wildman–Crippen LogP) is 2.41. The fourth-order valence-electron chi connectivity index (χ4n) is 4.07. The molecule has 2 aromatic rings. The number of carbonyl (C=O) groups is 2. The lowest BCUT2D eigenvalue weighted by molar-refractivity contribution is -0.119. The largest absolute Gasteiger partial charge is 0.345 e. The molecule has 8 nitrogen and oxygen atoms in total. The quantitative estimate of drug-likeness (QED) is 0.771. The summed E-state index contributed by atoms with van der Waals surface area (Å²) in [6, 6.07) is 1.15. The fraction of sp³-hybridized carbons (Fsp3) is 0.500. The van der Waals surface area contributed by atoms with Crippen molar-refractivity contribution >= 4 is 18.3 Å². The zero-order valence-corrected chi connectivity index (χ0v) is 16.6. The molecular weight excluding hydrogens is 375 g/mol. The fourth-order valence-corrected chi connectivity index (χ4v) is 4.07. The zero-order valence-electron chi connectivity index (χ0n) is 16.6. The molecule has 0 aromatic carbocycles. The summed E-state index contributed by atoms with van der Waals surface area (Å²) in [6.07, 6.45) is 5.84. The number of anilines is 1. The highest BCUT2D eigenvalue weighted by atomic mass is 19.1. The Kier molecular flexibility index (Phi) is 4.97. The number of fused-ring (bicyclic) bond motifs is 1. The number of nitrogens with one attached hydrogen (secondary N) is 2. The van der Waals surface area contributed by atoms with Crippen molar-refractivity contribution in [3.05, 3.63) is 30.0 Å². The maximum absolute atomic E-state index is 14.5. The van der Waals surface area contributed by atoms with E-state index < -0.39 is 5.82 Å². The topological polar surface area (TPSA) is 92.2 Å². The van der Waals surface area contributed by atoms with Crippen molar-refractivity contribution in [2.45, 2.75) is 45.7 Å². The van der Waals surface area contributed by atoms with Crippen molar-refractivity contribution in [2.24, 2.45) is 5.41 Å². The lowest BCUT2D eigenvalue weighted by atomic mass is 9.89. The van der Waals surface area contributed by atoms with Crippen molar-refractivity contribution in [3.63, 3.8) is 0 Å². The highest BCUT2D eigenvalue weighted by Gasteiger charge is 2.32. The van der Waals surface area contributed by atoms with E-state index in [4.69, 9.17) is 0 Å². The van der Waals surface area contributed by atoms with Gasteiger partial charge >= 0.3 is 6.03 Å². The van der Waals surface area contributed by atoms with Crippen molar-refractivity contribution in [3.8, 4) is 11.1 Å². The molecule has 4 rings (SSSR count). The Hall–Kier alpha value is -2.97. The summed E-state index contributed by atoms with van der Waals surface area (Å²) in [6.45, 7) is 6.36. The van der Waals surface area contributed by atoms with Crippen LogP contribution in [0.1, 0.15) is 32.4 Å². The van der Waals surface area contributed by atoms with Gasteiger partial charge in [-0.1, -0.05) is 13.8 Å². The predicted molar refractivity (Wildman–Crippen MR) is 106 cm³/mol. The van der Waals surface area contributed by atoms with Gasteiger partial charge in [0.1, 0.15) is 11.6 Å². The zero-order chi connectivity index (χ0) is 20.6. The van der Waals surface area contributed by atoms with E-state index in [9.17, 15) is 14.0 Å². The van der Waals surface area contributed by atoms with Gasteiger partial charge in [-0.05, 0) is 30.7 Å². The summed E-state index contributed by atoms with van der Waals surface area (Å²) < 4.78 is 16.4. The molecule has 3 amide bonds. The molecule has 2 aliphatic heterocycles. The van der Waals surface area contributed by atoms with Gasteiger partial charge in [-0.15, -0.1) is 0 Å². The molecule has 2 N–H and O–H groups in total. The van der Waals surface area contributed by atoms with E-state index in [1.807, 2.05) is 4.68 Å². The second-order valence-electron chi connectivity index (χ2n) is 8.57. The normalized spacial score (nSPS) is 18.4. The van der Waals surface area contributed by atoms with E-state index in [1.165, 1.54) is 0 Å². The van der Waals surface area contributed by atoms with Crippen LogP contribution in [0.5, 0.6) is 0 Å². The molecule has 1 fully saturated rings. The third kappa shape index (κ3) is 4.08. The number of urea groups is 1. The highest BCUT2D eigenvalue weighted by Crippen LogP contribution is 2.37. The Balaban J connectivity index is 1.46. The van der Waals surface area contributed by atoms with Crippen LogP contribution in [0.25, 0.3) is 11.1 Å². The Bertz CT molecular complexity index is 933. The van der Waals surface area contributed by atoms with Gasteiger partial charge in [-0.25, -0.2) is 14.2 Å². The second kappa shape index (κ2) is 7.46. The summed E-state index contributed by atoms with van der Waals surface area (Å²) in [5.74, 6) is -0.167. The monoisotopic (exact) mass is 400 g/mol. The first-order valence-corrected chi connectivity index (χ1v) is 9.82. The van der Waals surface area contributed by atoms with Crippen molar-refractivity contribution in [2.75, 3.05) is 18.4 Å². The van der Waals surface area contributed by atoms with Crippen LogP contribution in [0.15, 0.2) is 18.5 Å². The maximum Gasteiger partial charge on any atom is 0.320 e. The summed E-state index contributed by atoms with van der Waals surface area (Å²) in [5, 5.41) is 9.97. The van der Waals surface area contributed by atoms with Gasteiger partial charge in [0.2, 0.25) is 6.41 Å². The van der Waals surface area contributed by atoms with Crippen LogP contribution in [0, 0.1) is 11.2 Å². The molecule has 0 atom stereocenters. The number of hydrogen-bond acceptors (Lipinski definition) is 4. The SMILES string of the molecule is CC1(C)Cc2c(-c3cc(NC(=O)NC4CCN(C=O)CC4)ncc3F)cnn2C1. The van der Waals surface area contributed by atoms with Crippen molar-refractivity contribution in [1.29, 1.82) is 0 Å². The van der Waals surface area contributed by atoms with Crippen LogP contribution in [0.2, 0.25) is 0 Å². The molecule has 0 spiro atoms. The number of hydrogen-bond donors (Lipinski definition) is 2. The van der Waals surface area contributed by atoms with Crippen LogP contribution < -0.4 is 10.6 Å². The summed E-state index contributed by atoms with van der Waals surface area (Å²) in [4.78, 5) is 28.8. The van der Waals surface area contributed by atoms with Crippen LogP contribution >= 0.6 is 0 Å². The first kappa shape index (κ1) is 19.4. The molecule has 0 saturated carbocycles. The van der Waals surface area contributed by atoms with Gasteiger partial charge in [0.15, 0.2) is 0 Å². The lowest BCUT2D eigenvalue weighted by Gasteiger charge is -2.29. The molecule has 0 bridgehead atoms. The number of amides is 3. The second-order valence-corrected chi connectivity index (χ2v) is 8.57. The molecule has 0 unspecified atom stereocenters. The van der Waals surface area contributed by atoms with Gasteiger partial charge in [-0.3, -0.25) is 14.8 Å². The Labute approximate surface area is 168 Å². The molecule has 0 radical (unpaired) electrons. The van der Waals surface area contributed by atoms with Crippen LogP contribution in [0.4, 0.5) is 15.0 Å². The van der Waals surface area contributed by atoms with E-state index in [0.29, 0.717) is 31.5 Å². The summed E-state index contributed by atoms with van der Waals surface area (Å²) in [5.41, 5.74) is 2.20. The minimum Gasteiger partial charge on any atom is -0.345 e. The van der Waals surface area contributed by atoms with Gasteiger partial charge in [0.05, 0.1) is 12.4 Å². The van der Waals surface area contributed by atoms with Gasteiger partial charge in [-0.2, -0.15) is 5.10 Å². The average Bonchev–Trinajstić information content (AvgIpc) is 3.19. The third-order valence-electron chi connectivity index (χ3n) is 5.57. The molecule has 4 heterocycles. The Morgan fingerprint density at radius 2 is 2.03 bits per heavy atom. The lowest BCUT2D eigenvalue weighted by Crippen LogP contribution is -2.45. The smallest absolute Gasteiger partial charge is 0.320 e. The first-order chi connectivity index (χ1) is 13.8. The van der Waals surface area contributed by atoms with Crippen LogP contribution in [0.3, 0.4) is 0 Å². The third-order valence-corrected chi connectivity index (χ3v) is 5.57. The van der Waals surface area contributed by atoms with E-state index in [2.05, 4.69) is 34.6 Å². The van der Waals surface area contributed by atoms with Gasteiger partial charge in [0, 0.05) is 42.5 Å². The molecule has 2 aliphatic rings. The van der Waals surface area contributed by atoms with Gasteiger partial charge < -0.3 is 10.2 Å². The molecule has 1 saturated heterocycles. The van der Waals surface area contributed by atoms with Crippen LogP contribution in [-0.2, 0) is 17.8 Å². The van der Waals surface area contributed by atoms with Crippen molar-refractivity contribution in [1.82, 2.24) is 25.0 Å². The molecule has 154 valence electrons. The number of rotatable bonds is 4. The van der Waals surface area contributed by atoms with E-state index >= 15 is 0 Å². The van der Waals surface area contributed by atoms with E-state index in [-0.39, 0.29) is 23.3 Å². The van der Waals surface area contributed by atoms with Gasteiger partial charge in [0.25, 0.3) is 0 Å². The minimum atomic E-state index is -0.447. The number of aromatic nitrogens is 3. The number of likely N-dealkylation sites (tertiary alicyclic amines) is 1. The standard InChI is InChI=1S/C20H25FN6O2/c1-20(2)8-17-15(9-23-27(17)11-20)14-7-18(22-10-16(14)21)25-19(29)24-13-3-5-26(12-28)6-4-13/h7,9-10,12-13H,3-6,8,11H2,1-2H3,(H2,22,24,25,29). The summed E-state index contributed by atoms with van der Waals surface area (Å²) >= 11 is 0. The number of halogens is 1. The maximum atomic E-state index is 14.5. The van der Waals surface area contributed by atoms with Crippen molar-refractivity contribution < 1.29 is 14.0 Å². The van der Waals surface area contributed by atoms with Crippen LogP contribution in [-0.4, -0.2) is 51.2 Å². The minimum absolute atomic E-state index is 0.00714. The number of piperidine rings is 1. The van der Waals surface area contributed by atoms with E-state index in [1.54, 1.807) is 17.2 Å². The molecule has 29 heavy (non-hydrogen) atoms. The van der Waals surface area contributed by atoms with E-state index in [0.717, 1.165) is 36.8 Å². The Morgan fingerprint density at radius 1 is 1.28 bits per heavy atom. The first-order valence-electron chi connectivity index (χ1n) is 9.82. The molecular formula is C20H25FN6O2.